The minimum Gasteiger partial charge on any atom is -0.308 e. The normalized spacial score (nSPS) is 11.7. The Bertz CT molecular complexity index is 3870. The van der Waals surface area contributed by atoms with Gasteiger partial charge in [0.25, 0.3) is 0 Å². The lowest BCUT2D eigenvalue weighted by molar-refractivity contribution is -0.137. The predicted octanol–water partition coefficient (Wildman–Crippen LogP) is 18.2. The standard InChI is InChI=1S/C67H45F3N4/c1-40-5-13-46(14-6-40)50-21-25-60-56(34-50)57-35-51(47-15-7-41(2)8-16-47)22-26-61(57)73(60)64-31-45(39-72)32-65(66(64)54-29-44(38-71)30-55(33-54)67(68,69)70)74-62-27-23-52(48-17-9-42(3)10-18-48)36-58(62)59-37-53(24-28-63(59)74)49-19-11-43(4)12-20-49/h5-37H,1-4H3. The van der Waals surface area contributed by atoms with E-state index < -0.39 is 11.7 Å². The summed E-state index contributed by atoms with van der Waals surface area (Å²) in [5, 5.41) is 25.2. The fourth-order valence-electron chi connectivity index (χ4n) is 10.6. The van der Waals surface area contributed by atoms with Crippen molar-refractivity contribution >= 4 is 43.6 Å². The van der Waals surface area contributed by atoms with E-state index in [0.717, 1.165) is 123 Å². The Morgan fingerprint density at radius 1 is 0.324 bits per heavy atom. The van der Waals surface area contributed by atoms with Gasteiger partial charge in [-0.05, 0) is 157 Å². The highest BCUT2D eigenvalue weighted by Gasteiger charge is 2.33. The van der Waals surface area contributed by atoms with Crippen molar-refractivity contribution in [3.63, 3.8) is 0 Å². The van der Waals surface area contributed by atoms with Crippen LogP contribution in [-0.2, 0) is 6.18 Å². The lowest BCUT2D eigenvalue weighted by Gasteiger charge is -2.22. The number of hydrogen-bond acceptors (Lipinski definition) is 2. The molecule has 12 rings (SSSR count). The van der Waals surface area contributed by atoms with Crippen molar-refractivity contribution in [1.29, 1.82) is 10.5 Å². The first-order chi connectivity index (χ1) is 35.8. The Balaban J connectivity index is 1.22. The van der Waals surface area contributed by atoms with E-state index in [1.165, 1.54) is 6.07 Å². The maximum Gasteiger partial charge on any atom is 0.416 e. The third-order valence-electron chi connectivity index (χ3n) is 14.5. The molecule has 12 aromatic rings. The molecule has 0 radical (unpaired) electrons. The number of hydrogen-bond donors (Lipinski definition) is 0. The number of alkyl halides is 3. The molecule has 0 saturated heterocycles. The third-order valence-corrected chi connectivity index (χ3v) is 14.5. The Morgan fingerprint density at radius 3 is 0.892 bits per heavy atom. The molecule has 2 aromatic heterocycles. The number of aromatic nitrogens is 2. The monoisotopic (exact) mass is 962 g/mol. The van der Waals surface area contributed by atoms with Crippen molar-refractivity contribution in [2.75, 3.05) is 0 Å². The Morgan fingerprint density at radius 2 is 0.608 bits per heavy atom. The van der Waals surface area contributed by atoms with Crippen LogP contribution >= 0.6 is 0 Å². The van der Waals surface area contributed by atoms with E-state index in [1.807, 2.05) is 6.07 Å². The fraction of sp³-hybridized carbons (Fsp3) is 0.0746. The molecule has 10 aromatic carbocycles. The van der Waals surface area contributed by atoms with E-state index in [9.17, 15) is 10.5 Å². The van der Waals surface area contributed by atoms with Crippen molar-refractivity contribution in [2.45, 2.75) is 33.9 Å². The molecule has 4 nitrogen and oxygen atoms in total. The average molecular weight is 963 g/mol. The van der Waals surface area contributed by atoms with E-state index in [2.05, 4.69) is 213 Å². The van der Waals surface area contributed by atoms with Crippen molar-refractivity contribution < 1.29 is 13.2 Å². The summed E-state index contributed by atoms with van der Waals surface area (Å²) in [6.45, 7) is 8.23. The summed E-state index contributed by atoms with van der Waals surface area (Å²) in [6.07, 6.45) is -4.77. The van der Waals surface area contributed by atoms with Crippen molar-refractivity contribution in [1.82, 2.24) is 9.13 Å². The van der Waals surface area contributed by atoms with Crippen LogP contribution in [0.3, 0.4) is 0 Å². The van der Waals surface area contributed by atoms with Crippen LogP contribution in [0.25, 0.3) is 111 Å². The number of nitriles is 2. The first-order valence-corrected chi connectivity index (χ1v) is 24.5. The Hall–Kier alpha value is -9.43. The van der Waals surface area contributed by atoms with E-state index in [-0.39, 0.29) is 11.1 Å². The summed E-state index contributed by atoms with van der Waals surface area (Å²) < 4.78 is 49.6. The SMILES string of the molecule is Cc1ccc(-c2ccc3c(c2)c2cc(-c4ccc(C)cc4)ccc2n3-c2cc(C#N)cc(-n3c4ccc(-c5ccc(C)cc5)cc4c4cc(-c5ccc(C)cc5)ccc43)c2-c2cc(C#N)cc(C(F)(F)F)c2)cc1. The van der Waals surface area contributed by atoms with Crippen molar-refractivity contribution in [3.8, 4) is 79.1 Å². The van der Waals surface area contributed by atoms with Gasteiger partial charge in [0.05, 0.1) is 62.3 Å². The zero-order valence-corrected chi connectivity index (χ0v) is 41.0. The van der Waals surface area contributed by atoms with E-state index >= 15 is 13.2 Å². The molecule has 0 fully saturated rings. The van der Waals surface area contributed by atoms with Gasteiger partial charge in [-0.2, -0.15) is 23.7 Å². The minimum atomic E-state index is -4.77. The molecule has 0 aliphatic carbocycles. The zero-order valence-electron chi connectivity index (χ0n) is 41.0. The first kappa shape index (κ1) is 45.7. The summed E-state index contributed by atoms with van der Waals surface area (Å²) in [5.74, 6) is 0. The predicted molar refractivity (Wildman–Crippen MR) is 296 cm³/mol. The average Bonchev–Trinajstić information content (AvgIpc) is 3.92. The summed E-state index contributed by atoms with van der Waals surface area (Å²) in [6, 6.07) is 70.3. The van der Waals surface area contributed by atoms with Gasteiger partial charge in [-0.1, -0.05) is 144 Å². The summed E-state index contributed by atoms with van der Waals surface area (Å²) in [5.41, 5.74) is 16.7. The molecular formula is C67H45F3N4. The number of benzene rings is 10. The second kappa shape index (κ2) is 17.7. The van der Waals surface area contributed by atoms with Gasteiger partial charge in [-0.15, -0.1) is 0 Å². The Kier molecular flexibility index (Phi) is 10.9. The van der Waals surface area contributed by atoms with Crippen LogP contribution in [0.5, 0.6) is 0 Å². The second-order valence-electron chi connectivity index (χ2n) is 19.5. The lowest BCUT2D eigenvalue weighted by Crippen LogP contribution is -2.08. The van der Waals surface area contributed by atoms with Crippen LogP contribution < -0.4 is 0 Å². The molecule has 0 N–H and O–H groups in total. The molecule has 0 aliphatic heterocycles. The maximum absolute atomic E-state index is 15.1. The number of aryl methyl sites for hydroxylation is 4. The molecule has 74 heavy (non-hydrogen) atoms. The molecule has 0 spiro atoms. The van der Waals surface area contributed by atoms with Gasteiger partial charge in [-0.3, -0.25) is 0 Å². The van der Waals surface area contributed by atoms with Crippen LogP contribution in [0.4, 0.5) is 13.2 Å². The number of rotatable bonds is 7. The van der Waals surface area contributed by atoms with Gasteiger partial charge in [0.15, 0.2) is 0 Å². The van der Waals surface area contributed by atoms with E-state index in [4.69, 9.17) is 0 Å². The fourth-order valence-corrected chi connectivity index (χ4v) is 10.6. The van der Waals surface area contributed by atoms with Gasteiger partial charge in [0.2, 0.25) is 0 Å². The molecule has 2 heterocycles. The van der Waals surface area contributed by atoms with Gasteiger partial charge >= 0.3 is 6.18 Å². The topological polar surface area (TPSA) is 57.4 Å². The largest absolute Gasteiger partial charge is 0.416 e. The molecule has 0 atom stereocenters. The van der Waals surface area contributed by atoms with Crippen LogP contribution in [0.1, 0.15) is 38.9 Å². The first-order valence-electron chi connectivity index (χ1n) is 24.5. The summed E-state index contributed by atoms with van der Waals surface area (Å²) in [7, 11) is 0. The highest BCUT2D eigenvalue weighted by molar-refractivity contribution is 6.14. The van der Waals surface area contributed by atoms with Gasteiger partial charge in [0.1, 0.15) is 0 Å². The van der Waals surface area contributed by atoms with Crippen molar-refractivity contribution in [2.24, 2.45) is 0 Å². The van der Waals surface area contributed by atoms with Crippen LogP contribution in [-0.4, -0.2) is 9.13 Å². The van der Waals surface area contributed by atoms with Crippen LogP contribution in [0, 0.1) is 50.4 Å². The number of nitrogens with zero attached hydrogens (tertiary/aromatic N) is 4. The maximum atomic E-state index is 15.1. The highest BCUT2D eigenvalue weighted by Crippen LogP contribution is 2.46. The molecule has 7 heteroatoms. The number of halogens is 3. The Labute approximate surface area is 426 Å². The van der Waals surface area contributed by atoms with E-state index in [1.54, 1.807) is 12.1 Å². The summed E-state index contributed by atoms with van der Waals surface area (Å²) in [4.78, 5) is 0. The molecule has 0 aliphatic rings. The lowest BCUT2D eigenvalue weighted by atomic mass is 9.94. The van der Waals surface area contributed by atoms with Crippen LogP contribution in [0.2, 0.25) is 0 Å². The quantitative estimate of drug-likeness (QED) is 0.160. The third kappa shape index (κ3) is 7.96. The molecule has 354 valence electrons. The molecule has 0 saturated carbocycles. The zero-order chi connectivity index (χ0) is 51.0. The number of fused-ring (bicyclic) bond motifs is 6. The molecule has 0 amide bonds. The van der Waals surface area contributed by atoms with Gasteiger partial charge < -0.3 is 9.13 Å². The molecule has 0 bridgehead atoms. The van der Waals surface area contributed by atoms with Gasteiger partial charge in [0, 0.05) is 27.1 Å². The summed E-state index contributed by atoms with van der Waals surface area (Å²) >= 11 is 0. The molecule has 0 unspecified atom stereocenters. The minimum absolute atomic E-state index is 0.142. The van der Waals surface area contributed by atoms with Gasteiger partial charge in [-0.25, -0.2) is 0 Å². The van der Waals surface area contributed by atoms with Crippen molar-refractivity contribution in [3.05, 3.63) is 239 Å². The van der Waals surface area contributed by atoms with E-state index in [0.29, 0.717) is 22.5 Å². The molecular weight excluding hydrogens is 918 g/mol. The van der Waals surface area contributed by atoms with Crippen LogP contribution in [0.15, 0.2) is 200 Å². The smallest absolute Gasteiger partial charge is 0.308 e. The highest BCUT2D eigenvalue weighted by atomic mass is 19.4. The second-order valence-corrected chi connectivity index (χ2v) is 19.5.